The van der Waals surface area contributed by atoms with Crippen molar-refractivity contribution in [2.24, 2.45) is 5.16 Å². The molecule has 0 aliphatic carbocycles. The Morgan fingerprint density at radius 3 is 2.35 bits per heavy atom. The van der Waals surface area contributed by atoms with Crippen molar-refractivity contribution >= 4 is 17.4 Å². The number of rotatable bonds is 8. The number of methoxy groups -OCH3 is 1. The van der Waals surface area contributed by atoms with Crippen LogP contribution in [0, 0.1) is 6.92 Å². The number of hydrogen-bond acceptors (Lipinski definition) is 6. The molecule has 166 valence electrons. The summed E-state index contributed by atoms with van der Waals surface area (Å²) in [7, 11) is 2.56. The number of oxime groups is 1. The van der Waals surface area contributed by atoms with E-state index in [1.165, 1.54) is 38.5 Å². The van der Waals surface area contributed by atoms with Crippen molar-refractivity contribution in [3.63, 3.8) is 0 Å². The molecule has 1 N–H and O–H groups in total. The van der Waals surface area contributed by atoms with Crippen LogP contribution in [0.3, 0.4) is 0 Å². The van der Waals surface area contributed by atoms with Gasteiger partial charge >= 0.3 is 12.3 Å². The standard InChI is InChI=1S/C21H21F3N2O5/c1-13-6-5-7-17(19(26-29-4)20(27)28-3)18(13)12-30-25-14(2)15-8-10-16(11-9-15)31-21(22,23)24/h5-11H,12H2,1-4H3/p+1/b25-14+,26-19+. The molecule has 0 atom stereocenters. The molecule has 2 aromatic carbocycles. The number of carbonyl (C=O) groups is 1. The average molecular weight is 439 g/mol. The van der Waals surface area contributed by atoms with Crippen molar-refractivity contribution < 1.29 is 42.3 Å². The summed E-state index contributed by atoms with van der Waals surface area (Å²) < 4.78 is 45.4. The van der Waals surface area contributed by atoms with Gasteiger partial charge in [0.15, 0.2) is 12.3 Å². The van der Waals surface area contributed by atoms with Crippen LogP contribution < -0.4 is 9.89 Å². The predicted octanol–water partition coefficient (Wildman–Crippen LogP) is 2.44. The molecule has 0 amide bonds. The molecule has 7 nitrogen and oxygen atoms in total. The van der Waals surface area contributed by atoms with E-state index in [-0.39, 0.29) is 18.1 Å². The second kappa shape index (κ2) is 10.5. The molecule has 0 aliphatic rings. The van der Waals surface area contributed by atoms with E-state index in [4.69, 9.17) is 14.4 Å². The zero-order valence-electron chi connectivity index (χ0n) is 17.4. The number of carbonyl (C=O) groups excluding carboxylic acids is 1. The molecule has 2 aromatic rings. The van der Waals surface area contributed by atoms with Crippen molar-refractivity contribution in [1.29, 1.82) is 0 Å². The van der Waals surface area contributed by atoms with Crippen LogP contribution in [-0.2, 0) is 25.8 Å². The summed E-state index contributed by atoms with van der Waals surface area (Å²) in [6, 6.07) is 10.6. The molecule has 2 rings (SSSR count). The maximum absolute atomic E-state index is 12.3. The van der Waals surface area contributed by atoms with Gasteiger partial charge in [-0.1, -0.05) is 23.4 Å². The summed E-state index contributed by atoms with van der Waals surface area (Å²) in [5, 5.41) is 6.51. The lowest BCUT2D eigenvalue weighted by molar-refractivity contribution is -0.758. The van der Waals surface area contributed by atoms with Gasteiger partial charge in [0.05, 0.1) is 7.11 Å². The minimum atomic E-state index is -4.75. The van der Waals surface area contributed by atoms with Crippen LogP contribution in [0.1, 0.15) is 29.2 Å². The Hall–Kier alpha value is -3.56. The van der Waals surface area contributed by atoms with Gasteiger partial charge in [0.25, 0.3) is 0 Å². The minimum Gasteiger partial charge on any atom is -0.464 e. The first kappa shape index (κ1) is 23.7. The topological polar surface area (TPSA) is 80.3 Å². The highest BCUT2D eigenvalue weighted by atomic mass is 19.4. The Morgan fingerprint density at radius 2 is 1.77 bits per heavy atom. The molecule has 0 radical (unpaired) electrons. The molecule has 0 saturated heterocycles. The summed E-state index contributed by atoms with van der Waals surface area (Å²) >= 11 is 0. The molecule has 0 spiro atoms. The number of hydrogen-bond donors (Lipinski definition) is 1. The number of nitrogens with zero attached hydrogens (tertiary/aromatic N) is 1. The van der Waals surface area contributed by atoms with Crippen LogP contribution in [0.25, 0.3) is 0 Å². The van der Waals surface area contributed by atoms with E-state index in [1.807, 2.05) is 13.0 Å². The molecule has 0 unspecified atom stereocenters. The molecule has 0 bridgehead atoms. The van der Waals surface area contributed by atoms with Gasteiger partial charge in [0.2, 0.25) is 5.71 Å². The van der Waals surface area contributed by atoms with Crippen molar-refractivity contribution in [1.82, 2.24) is 0 Å². The van der Waals surface area contributed by atoms with Gasteiger partial charge < -0.3 is 14.3 Å². The highest BCUT2D eigenvalue weighted by molar-refractivity contribution is 6.43. The highest BCUT2D eigenvalue weighted by Crippen LogP contribution is 2.22. The average Bonchev–Trinajstić information content (AvgIpc) is 2.72. The zero-order chi connectivity index (χ0) is 23.0. The van der Waals surface area contributed by atoms with Crippen LogP contribution in [0.2, 0.25) is 0 Å². The summed E-state index contributed by atoms with van der Waals surface area (Å²) in [5.74, 6) is -0.979. The second-order valence-corrected chi connectivity index (χ2v) is 6.30. The number of esters is 1. The largest absolute Gasteiger partial charge is 0.573 e. The van der Waals surface area contributed by atoms with Gasteiger partial charge in [-0.25, -0.2) is 4.79 Å². The maximum atomic E-state index is 12.3. The monoisotopic (exact) mass is 439 g/mol. The zero-order valence-corrected chi connectivity index (χ0v) is 17.4. The van der Waals surface area contributed by atoms with Gasteiger partial charge in [-0.15, -0.1) is 13.2 Å². The molecule has 0 fully saturated rings. The molecule has 31 heavy (non-hydrogen) atoms. The van der Waals surface area contributed by atoms with E-state index in [1.54, 1.807) is 19.1 Å². The third-order valence-corrected chi connectivity index (χ3v) is 4.19. The number of halogens is 3. The summed E-state index contributed by atoms with van der Waals surface area (Å²) in [5.41, 5.74) is 3.18. The SMILES string of the molecule is CO/N=C(/C(=O)OC)c1cccc(C)c1CO/[NH+]=C(\C)c1ccc(OC(F)(F)F)cc1. The van der Waals surface area contributed by atoms with Gasteiger partial charge in [-0.3, -0.25) is 4.84 Å². The Labute approximate surface area is 177 Å². The fourth-order valence-corrected chi connectivity index (χ4v) is 2.68. The fraction of sp³-hybridized carbons (Fsp3) is 0.286. The second-order valence-electron chi connectivity index (χ2n) is 6.30. The van der Waals surface area contributed by atoms with Crippen LogP contribution >= 0.6 is 0 Å². The maximum Gasteiger partial charge on any atom is 0.573 e. The third-order valence-electron chi connectivity index (χ3n) is 4.19. The molecular weight excluding hydrogens is 417 g/mol. The molecule has 0 heterocycles. The normalized spacial score (nSPS) is 12.4. The van der Waals surface area contributed by atoms with Crippen molar-refractivity contribution in [2.75, 3.05) is 14.2 Å². The van der Waals surface area contributed by atoms with Crippen LogP contribution in [0.15, 0.2) is 47.6 Å². The van der Waals surface area contributed by atoms with E-state index >= 15 is 0 Å². The lowest BCUT2D eigenvalue weighted by Gasteiger charge is -2.11. The van der Waals surface area contributed by atoms with Crippen molar-refractivity contribution in [3.05, 3.63) is 64.7 Å². The van der Waals surface area contributed by atoms with Gasteiger partial charge in [-0.2, -0.15) is 0 Å². The highest BCUT2D eigenvalue weighted by Gasteiger charge is 2.31. The summed E-state index contributed by atoms with van der Waals surface area (Å²) in [4.78, 5) is 22.4. The van der Waals surface area contributed by atoms with Crippen LogP contribution in [0.5, 0.6) is 5.75 Å². The predicted molar refractivity (Wildman–Crippen MR) is 105 cm³/mol. The Balaban J connectivity index is 2.18. The Morgan fingerprint density at radius 1 is 1.10 bits per heavy atom. The molecular formula is C21H22F3N2O5+. The first-order valence-electron chi connectivity index (χ1n) is 9.02. The number of benzene rings is 2. The Kier molecular flexibility index (Phi) is 8.00. The molecule has 10 heteroatoms. The number of aryl methyl sites for hydroxylation is 1. The van der Waals surface area contributed by atoms with Crippen molar-refractivity contribution in [3.8, 4) is 5.75 Å². The van der Waals surface area contributed by atoms with Gasteiger partial charge in [-0.05, 0) is 41.9 Å². The number of alkyl halides is 3. The fourth-order valence-electron chi connectivity index (χ4n) is 2.68. The van der Waals surface area contributed by atoms with Crippen LogP contribution in [0.4, 0.5) is 13.2 Å². The molecule has 0 saturated carbocycles. The number of ether oxygens (including phenoxy) is 2. The number of nitrogens with one attached hydrogen (secondary N) is 1. The quantitative estimate of drug-likeness (QED) is 0.388. The first-order chi connectivity index (χ1) is 14.7. The van der Waals surface area contributed by atoms with Gasteiger partial charge in [0.1, 0.15) is 12.9 Å². The summed E-state index contributed by atoms with van der Waals surface area (Å²) in [6.07, 6.45) is -4.75. The van der Waals surface area contributed by atoms with E-state index in [2.05, 4.69) is 15.0 Å². The first-order valence-corrected chi connectivity index (χ1v) is 9.02. The van der Waals surface area contributed by atoms with Crippen LogP contribution in [-0.4, -0.2) is 38.0 Å². The van der Waals surface area contributed by atoms with E-state index in [9.17, 15) is 18.0 Å². The molecule has 0 aliphatic heterocycles. The molecule has 0 aromatic heterocycles. The lowest BCUT2D eigenvalue weighted by atomic mass is 9.99. The van der Waals surface area contributed by atoms with Gasteiger partial charge in [0, 0.05) is 23.6 Å². The summed E-state index contributed by atoms with van der Waals surface area (Å²) in [6.45, 7) is 3.61. The van der Waals surface area contributed by atoms with E-state index in [0.29, 0.717) is 22.4 Å². The third kappa shape index (κ3) is 6.73. The smallest absolute Gasteiger partial charge is 0.464 e. The van der Waals surface area contributed by atoms with E-state index in [0.717, 1.165) is 5.56 Å². The Bertz CT molecular complexity index is 970. The van der Waals surface area contributed by atoms with E-state index < -0.39 is 12.3 Å². The van der Waals surface area contributed by atoms with Crippen molar-refractivity contribution in [2.45, 2.75) is 26.8 Å². The minimum absolute atomic E-state index is 0.00625. The lowest BCUT2D eigenvalue weighted by Crippen LogP contribution is -2.71.